The van der Waals surface area contributed by atoms with Crippen molar-refractivity contribution in [3.63, 3.8) is 0 Å². The Morgan fingerprint density at radius 2 is 2.00 bits per heavy atom. The molecule has 1 unspecified atom stereocenters. The Morgan fingerprint density at radius 1 is 1.23 bits per heavy atom. The number of hydrogen-bond donors (Lipinski definition) is 1. The molecule has 66 valence electrons. The van der Waals surface area contributed by atoms with Gasteiger partial charge in [0.05, 0.1) is 5.04 Å². The Labute approximate surface area is 79.9 Å². The minimum atomic E-state index is -0.492. The summed E-state index contributed by atoms with van der Waals surface area (Å²) in [5, 5.41) is 2.80. The summed E-state index contributed by atoms with van der Waals surface area (Å²) < 4.78 is 7.65. The van der Waals surface area contributed by atoms with Crippen LogP contribution in [0.4, 0.5) is 0 Å². The molecule has 13 heavy (non-hydrogen) atoms. The summed E-state index contributed by atoms with van der Waals surface area (Å²) in [4.78, 5) is 4.17. The van der Waals surface area contributed by atoms with E-state index in [-0.39, 0.29) is 0 Å². The zero-order chi connectivity index (χ0) is 9.10. The second-order valence-electron chi connectivity index (χ2n) is 2.81. The zero-order valence-electron chi connectivity index (χ0n) is 7.10. The number of hydrogen-bond acceptors (Lipinski definition) is 2. The maximum absolute atomic E-state index is 7.65. The third-order valence-corrected chi connectivity index (χ3v) is 3.02. The van der Waals surface area contributed by atoms with Gasteiger partial charge in [-0.25, -0.2) is 0 Å². The van der Waals surface area contributed by atoms with Crippen molar-refractivity contribution in [1.82, 2.24) is 0 Å². The fraction of sp³-hybridized carbons (Fsp3) is 0.100. The van der Waals surface area contributed by atoms with E-state index in [4.69, 9.17) is 4.78 Å². The molecule has 3 heteroatoms. The summed E-state index contributed by atoms with van der Waals surface area (Å²) in [6, 6.07) is 10.2. The molecule has 0 aliphatic carbocycles. The van der Waals surface area contributed by atoms with Gasteiger partial charge < -0.3 is 0 Å². The average molecular weight is 190 g/mol. The van der Waals surface area contributed by atoms with E-state index in [1.165, 1.54) is 5.56 Å². The first-order valence-electron chi connectivity index (χ1n) is 4.08. The highest BCUT2D eigenvalue weighted by Crippen LogP contribution is 2.09. The van der Waals surface area contributed by atoms with E-state index in [2.05, 4.69) is 17.1 Å². The summed E-state index contributed by atoms with van der Waals surface area (Å²) in [5.41, 5.74) is 1.23. The maximum Gasteiger partial charge on any atom is 0.0921 e. The predicted octanol–water partition coefficient (Wildman–Crippen LogP) is 2.49. The van der Waals surface area contributed by atoms with Crippen LogP contribution in [0.5, 0.6) is 0 Å². The number of aliphatic imine (C=N–C) groups is 1. The van der Waals surface area contributed by atoms with Gasteiger partial charge in [0.2, 0.25) is 0 Å². The molecule has 0 fully saturated rings. The molecule has 1 aliphatic rings. The summed E-state index contributed by atoms with van der Waals surface area (Å²) in [6.45, 7) is 0. The first kappa shape index (κ1) is 8.38. The topological polar surface area (TPSA) is 36.2 Å². The lowest BCUT2D eigenvalue weighted by Crippen LogP contribution is -2.03. The van der Waals surface area contributed by atoms with E-state index >= 15 is 0 Å². The molecule has 2 rings (SSSR count). The first-order valence-corrected chi connectivity index (χ1v) is 5.36. The van der Waals surface area contributed by atoms with Crippen molar-refractivity contribution in [3.8, 4) is 0 Å². The molecule has 1 heterocycles. The van der Waals surface area contributed by atoms with Crippen LogP contribution in [0.3, 0.4) is 0 Å². The van der Waals surface area contributed by atoms with Gasteiger partial charge >= 0.3 is 0 Å². The maximum atomic E-state index is 7.65. The Balaban J connectivity index is 2.12. The Bertz CT molecular complexity index is 379. The van der Waals surface area contributed by atoms with Gasteiger partial charge in [0, 0.05) is 18.0 Å². The zero-order valence-corrected chi connectivity index (χ0v) is 7.92. The highest BCUT2D eigenvalue weighted by molar-refractivity contribution is 8.04. The third kappa shape index (κ3) is 1.92. The number of nitrogens with one attached hydrogen (secondary N) is 1. The number of rotatable bonds is 2. The van der Waals surface area contributed by atoms with E-state index in [0.717, 1.165) is 11.5 Å². The predicted molar refractivity (Wildman–Crippen MR) is 56.8 cm³/mol. The minimum Gasteiger partial charge on any atom is -0.270 e. The first-order chi connectivity index (χ1) is 6.36. The van der Waals surface area contributed by atoms with E-state index in [1.54, 1.807) is 6.20 Å². The molecule has 1 N–H and O–H groups in total. The fourth-order valence-corrected chi connectivity index (χ4v) is 2.04. The van der Waals surface area contributed by atoms with E-state index in [0.29, 0.717) is 0 Å². The van der Waals surface area contributed by atoms with Crippen molar-refractivity contribution in [2.24, 2.45) is 4.99 Å². The SMILES string of the molecule is N=S1C=CN=C1Cc1ccccc1. The van der Waals surface area contributed by atoms with Crippen LogP contribution in [0.2, 0.25) is 0 Å². The van der Waals surface area contributed by atoms with Gasteiger partial charge in [0.1, 0.15) is 0 Å². The average Bonchev–Trinajstić information content (AvgIpc) is 2.54. The van der Waals surface area contributed by atoms with Crippen LogP contribution in [0, 0.1) is 4.78 Å². The molecule has 0 aromatic heterocycles. The van der Waals surface area contributed by atoms with Crippen LogP contribution in [0.25, 0.3) is 0 Å². The smallest absolute Gasteiger partial charge is 0.0921 e. The van der Waals surface area contributed by atoms with Crippen molar-refractivity contribution in [2.45, 2.75) is 6.42 Å². The monoisotopic (exact) mass is 190 g/mol. The molecule has 1 aromatic rings. The van der Waals surface area contributed by atoms with Crippen LogP contribution in [-0.2, 0) is 17.1 Å². The van der Waals surface area contributed by atoms with Crippen LogP contribution in [0.1, 0.15) is 5.56 Å². The summed E-state index contributed by atoms with van der Waals surface area (Å²) in [6.07, 6.45) is 2.54. The normalized spacial score (nSPS) is 20.3. The van der Waals surface area contributed by atoms with Gasteiger partial charge in [0.25, 0.3) is 0 Å². The van der Waals surface area contributed by atoms with Gasteiger partial charge in [0.15, 0.2) is 0 Å². The van der Waals surface area contributed by atoms with Gasteiger partial charge in [-0.3, -0.25) is 9.77 Å². The molecule has 0 bridgehead atoms. The van der Waals surface area contributed by atoms with Crippen molar-refractivity contribution in [2.75, 3.05) is 0 Å². The van der Waals surface area contributed by atoms with Crippen LogP contribution >= 0.6 is 0 Å². The molecule has 0 radical (unpaired) electrons. The van der Waals surface area contributed by atoms with Crippen LogP contribution in [-0.4, -0.2) is 5.04 Å². The van der Waals surface area contributed by atoms with Crippen molar-refractivity contribution >= 4 is 15.7 Å². The molecule has 1 aromatic carbocycles. The number of benzene rings is 1. The second-order valence-corrected chi connectivity index (χ2v) is 4.23. The van der Waals surface area contributed by atoms with Crippen molar-refractivity contribution < 1.29 is 0 Å². The summed E-state index contributed by atoms with van der Waals surface area (Å²) in [5.74, 6) is 0. The Hall–Kier alpha value is -1.22. The molecule has 0 saturated carbocycles. The molecular formula is C10H10N2S. The molecule has 2 nitrogen and oxygen atoms in total. The van der Waals surface area contributed by atoms with Gasteiger partial charge in [-0.1, -0.05) is 30.3 Å². The van der Waals surface area contributed by atoms with E-state index < -0.39 is 10.7 Å². The lowest BCUT2D eigenvalue weighted by Gasteiger charge is -2.00. The summed E-state index contributed by atoms with van der Waals surface area (Å²) >= 11 is 0. The van der Waals surface area contributed by atoms with Gasteiger partial charge in [-0.05, 0) is 16.3 Å². The minimum absolute atomic E-state index is 0.492. The Kier molecular flexibility index (Phi) is 2.36. The molecule has 0 saturated heterocycles. The highest BCUT2D eigenvalue weighted by atomic mass is 32.2. The third-order valence-electron chi connectivity index (χ3n) is 1.87. The highest BCUT2D eigenvalue weighted by Gasteiger charge is 2.07. The van der Waals surface area contributed by atoms with Crippen molar-refractivity contribution in [1.29, 1.82) is 4.78 Å². The van der Waals surface area contributed by atoms with Crippen LogP contribution < -0.4 is 0 Å². The lowest BCUT2D eigenvalue weighted by atomic mass is 10.2. The molecule has 1 aliphatic heterocycles. The molecule has 0 spiro atoms. The molecule has 0 amide bonds. The van der Waals surface area contributed by atoms with E-state index in [9.17, 15) is 0 Å². The number of nitrogens with zero attached hydrogens (tertiary/aromatic N) is 1. The lowest BCUT2D eigenvalue weighted by molar-refractivity contribution is 1.34. The second kappa shape index (κ2) is 3.66. The van der Waals surface area contributed by atoms with Gasteiger partial charge in [-0.2, -0.15) is 0 Å². The van der Waals surface area contributed by atoms with Crippen LogP contribution in [0.15, 0.2) is 46.9 Å². The van der Waals surface area contributed by atoms with Crippen molar-refractivity contribution in [3.05, 3.63) is 47.5 Å². The van der Waals surface area contributed by atoms with Gasteiger partial charge in [-0.15, -0.1) is 0 Å². The fourth-order valence-electron chi connectivity index (χ4n) is 1.20. The molecular weight excluding hydrogens is 180 g/mol. The van der Waals surface area contributed by atoms with E-state index in [1.807, 2.05) is 23.6 Å². The quantitative estimate of drug-likeness (QED) is 0.744. The molecule has 1 atom stereocenters. The largest absolute Gasteiger partial charge is 0.270 e. The standard InChI is InChI=1S/C10H10N2S/c11-13-7-6-12-10(13)8-9-4-2-1-3-5-9/h1-7,11H,8H2. The Morgan fingerprint density at radius 3 is 2.62 bits per heavy atom. The summed E-state index contributed by atoms with van der Waals surface area (Å²) in [7, 11) is -0.492.